The quantitative estimate of drug-likeness (QED) is 0.869. The highest BCUT2D eigenvalue weighted by Crippen LogP contribution is 2.25. The molecule has 0 fully saturated rings. The largest absolute Gasteiger partial charge is 0.469 e. The van der Waals surface area contributed by atoms with E-state index in [2.05, 4.69) is 5.32 Å². The van der Waals surface area contributed by atoms with Gasteiger partial charge in [0.1, 0.15) is 11.3 Å². The van der Waals surface area contributed by atoms with Crippen LogP contribution in [0.5, 0.6) is 0 Å². The molecule has 0 saturated heterocycles. The number of ether oxygens (including phenoxy) is 1. The van der Waals surface area contributed by atoms with Gasteiger partial charge in [0.15, 0.2) is 6.61 Å². The number of benzene rings is 1. The van der Waals surface area contributed by atoms with Crippen molar-refractivity contribution in [3.63, 3.8) is 0 Å². The lowest BCUT2D eigenvalue weighted by molar-refractivity contribution is -0.119. The van der Waals surface area contributed by atoms with Crippen LogP contribution in [0.25, 0.3) is 0 Å². The highest BCUT2D eigenvalue weighted by Gasteiger charge is 2.15. The first-order valence-corrected chi connectivity index (χ1v) is 6.69. The Morgan fingerprint density at radius 2 is 2.05 bits per heavy atom. The van der Waals surface area contributed by atoms with Crippen LogP contribution in [0.15, 0.2) is 34.9 Å². The van der Waals surface area contributed by atoms with Crippen molar-refractivity contribution in [3.8, 4) is 0 Å². The minimum Gasteiger partial charge on any atom is -0.469 e. The van der Waals surface area contributed by atoms with Gasteiger partial charge in [-0.05, 0) is 31.2 Å². The van der Waals surface area contributed by atoms with Gasteiger partial charge in [-0.1, -0.05) is 23.2 Å². The average molecular weight is 328 g/mol. The predicted octanol–water partition coefficient (Wildman–Crippen LogP) is 3.69. The first-order valence-electron chi connectivity index (χ1n) is 5.93. The first-order chi connectivity index (χ1) is 9.97. The summed E-state index contributed by atoms with van der Waals surface area (Å²) in [5, 5.41) is 3.28. The molecule has 7 heteroatoms. The molecule has 110 valence electrons. The molecule has 2 rings (SSSR count). The number of carbonyl (C=O) groups excluding carboxylic acids is 2. The van der Waals surface area contributed by atoms with E-state index in [1.807, 2.05) is 0 Å². The van der Waals surface area contributed by atoms with Gasteiger partial charge >= 0.3 is 5.97 Å². The number of aryl methyl sites for hydroxylation is 1. The number of esters is 1. The molecule has 0 aliphatic rings. The van der Waals surface area contributed by atoms with Crippen molar-refractivity contribution in [2.45, 2.75) is 6.92 Å². The molecule has 1 heterocycles. The molecule has 0 atom stereocenters. The SMILES string of the molecule is Cc1occc1C(=O)OCC(=O)Nc1ccc(Cl)cc1Cl. The molecule has 1 aromatic carbocycles. The van der Waals surface area contributed by atoms with Crippen LogP contribution >= 0.6 is 23.2 Å². The fourth-order valence-electron chi connectivity index (χ4n) is 1.58. The molecule has 0 spiro atoms. The molecule has 2 aromatic rings. The number of carbonyl (C=O) groups is 2. The molecule has 0 aliphatic heterocycles. The molecule has 21 heavy (non-hydrogen) atoms. The summed E-state index contributed by atoms with van der Waals surface area (Å²) < 4.78 is 9.87. The van der Waals surface area contributed by atoms with Crippen LogP contribution < -0.4 is 5.32 Å². The Balaban J connectivity index is 1.90. The zero-order valence-electron chi connectivity index (χ0n) is 11.0. The number of furan rings is 1. The Kier molecular flexibility index (Phi) is 4.88. The Hall–Kier alpha value is -1.98. The summed E-state index contributed by atoms with van der Waals surface area (Å²) in [4.78, 5) is 23.4. The van der Waals surface area contributed by atoms with Crippen molar-refractivity contribution in [1.29, 1.82) is 0 Å². The van der Waals surface area contributed by atoms with Crippen LogP contribution in [0.1, 0.15) is 16.1 Å². The molecule has 5 nitrogen and oxygen atoms in total. The van der Waals surface area contributed by atoms with Gasteiger partial charge in [0.25, 0.3) is 5.91 Å². The molecular formula is C14H11Cl2NO4. The fourth-order valence-corrected chi connectivity index (χ4v) is 2.04. The molecule has 0 bridgehead atoms. The maximum atomic E-state index is 11.7. The second-order valence-corrected chi connectivity index (χ2v) is 4.98. The lowest BCUT2D eigenvalue weighted by Gasteiger charge is -2.08. The third-order valence-corrected chi connectivity index (χ3v) is 3.17. The van der Waals surface area contributed by atoms with E-state index < -0.39 is 18.5 Å². The summed E-state index contributed by atoms with van der Waals surface area (Å²) in [6, 6.07) is 6.12. The van der Waals surface area contributed by atoms with Gasteiger partial charge in [0.05, 0.1) is 17.0 Å². The van der Waals surface area contributed by atoms with Gasteiger partial charge in [0.2, 0.25) is 0 Å². The normalized spacial score (nSPS) is 10.2. The Labute approximate surface area is 130 Å². The van der Waals surface area contributed by atoms with Gasteiger partial charge in [-0.2, -0.15) is 0 Å². The van der Waals surface area contributed by atoms with Gasteiger partial charge in [0, 0.05) is 5.02 Å². The first kappa shape index (κ1) is 15.4. The molecule has 0 saturated carbocycles. The van der Waals surface area contributed by atoms with Crippen LogP contribution in [-0.2, 0) is 9.53 Å². The summed E-state index contributed by atoms with van der Waals surface area (Å²) in [5.74, 6) is -0.700. The second kappa shape index (κ2) is 6.65. The molecule has 0 radical (unpaired) electrons. The smallest absolute Gasteiger partial charge is 0.342 e. The van der Waals surface area contributed by atoms with Gasteiger partial charge in [-0.25, -0.2) is 4.79 Å². The zero-order chi connectivity index (χ0) is 15.4. The highest BCUT2D eigenvalue weighted by molar-refractivity contribution is 6.36. The molecule has 0 unspecified atom stereocenters. The topological polar surface area (TPSA) is 68.5 Å². The van der Waals surface area contributed by atoms with E-state index in [1.54, 1.807) is 19.1 Å². The van der Waals surface area contributed by atoms with E-state index in [-0.39, 0.29) is 5.56 Å². The third-order valence-electron chi connectivity index (χ3n) is 2.62. The van der Waals surface area contributed by atoms with E-state index in [0.717, 1.165) is 0 Å². The second-order valence-electron chi connectivity index (χ2n) is 4.14. The van der Waals surface area contributed by atoms with Crippen molar-refractivity contribution in [1.82, 2.24) is 0 Å². The molecule has 1 N–H and O–H groups in total. The van der Waals surface area contributed by atoms with Crippen molar-refractivity contribution < 1.29 is 18.7 Å². The summed E-state index contributed by atoms with van der Waals surface area (Å²) in [6.45, 7) is 1.20. The summed E-state index contributed by atoms with van der Waals surface area (Å²) in [5.41, 5.74) is 0.675. The molecule has 0 aliphatic carbocycles. The lowest BCUT2D eigenvalue weighted by atomic mass is 10.3. The Bertz CT molecular complexity index is 681. The minimum atomic E-state index is -0.626. The van der Waals surface area contributed by atoms with Crippen LogP contribution in [-0.4, -0.2) is 18.5 Å². The van der Waals surface area contributed by atoms with Gasteiger partial charge < -0.3 is 14.5 Å². The van der Waals surface area contributed by atoms with Gasteiger partial charge in [-0.15, -0.1) is 0 Å². The number of amides is 1. The van der Waals surface area contributed by atoms with E-state index in [0.29, 0.717) is 21.5 Å². The fraction of sp³-hybridized carbons (Fsp3) is 0.143. The third kappa shape index (κ3) is 4.00. The Morgan fingerprint density at radius 1 is 1.29 bits per heavy atom. The number of halogens is 2. The monoisotopic (exact) mass is 327 g/mol. The number of hydrogen-bond donors (Lipinski definition) is 1. The Morgan fingerprint density at radius 3 is 2.67 bits per heavy atom. The predicted molar refractivity (Wildman–Crippen MR) is 78.8 cm³/mol. The zero-order valence-corrected chi connectivity index (χ0v) is 12.5. The van der Waals surface area contributed by atoms with Crippen LogP contribution in [0.2, 0.25) is 10.0 Å². The maximum absolute atomic E-state index is 11.7. The van der Waals surface area contributed by atoms with E-state index >= 15 is 0 Å². The van der Waals surface area contributed by atoms with Crippen molar-refractivity contribution in [2.75, 3.05) is 11.9 Å². The average Bonchev–Trinajstić information content (AvgIpc) is 2.85. The number of nitrogens with one attached hydrogen (secondary N) is 1. The van der Waals surface area contributed by atoms with Crippen molar-refractivity contribution in [2.24, 2.45) is 0 Å². The maximum Gasteiger partial charge on any atom is 0.342 e. The van der Waals surface area contributed by atoms with E-state index in [9.17, 15) is 9.59 Å². The summed E-state index contributed by atoms with van der Waals surface area (Å²) in [7, 11) is 0. The van der Waals surface area contributed by atoms with Crippen LogP contribution in [0.3, 0.4) is 0 Å². The minimum absolute atomic E-state index is 0.285. The molecule has 1 amide bonds. The summed E-state index contributed by atoms with van der Waals surface area (Å²) in [6.07, 6.45) is 1.37. The number of hydrogen-bond acceptors (Lipinski definition) is 4. The number of rotatable bonds is 4. The lowest BCUT2D eigenvalue weighted by Crippen LogP contribution is -2.21. The summed E-state index contributed by atoms with van der Waals surface area (Å²) >= 11 is 11.7. The standard InChI is InChI=1S/C14H11Cl2NO4/c1-8-10(4-5-20-8)14(19)21-7-13(18)17-12-3-2-9(15)6-11(12)16/h2-6H,7H2,1H3,(H,17,18). The highest BCUT2D eigenvalue weighted by atomic mass is 35.5. The van der Waals surface area contributed by atoms with Crippen LogP contribution in [0, 0.1) is 6.92 Å². The molecular weight excluding hydrogens is 317 g/mol. The van der Waals surface area contributed by atoms with Crippen molar-refractivity contribution >= 4 is 40.8 Å². The van der Waals surface area contributed by atoms with Crippen molar-refractivity contribution in [3.05, 3.63) is 51.9 Å². The van der Waals surface area contributed by atoms with E-state index in [4.69, 9.17) is 32.4 Å². The number of anilines is 1. The molecule has 1 aromatic heterocycles. The van der Waals surface area contributed by atoms with Gasteiger partial charge in [-0.3, -0.25) is 4.79 Å². The van der Waals surface area contributed by atoms with Crippen LogP contribution in [0.4, 0.5) is 5.69 Å². The van der Waals surface area contributed by atoms with E-state index in [1.165, 1.54) is 18.4 Å².